The molecule has 0 spiro atoms. The number of carbonyl (C=O) groups excluding carboxylic acids is 1. The SMILES string of the molecule is C#CCNS(=O)(=O)N1CCN(C(=O)NC(C)CCOC)CC1. The highest BCUT2D eigenvalue weighted by Gasteiger charge is 2.28. The van der Waals surface area contributed by atoms with Crippen molar-refractivity contribution in [3.05, 3.63) is 0 Å². The van der Waals surface area contributed by atoms with Crippen LogP contribution in [-0.4, -0.2) is 76.1 Å². The van der Waals surface area contributed by atoms with E-state index in [1.807, 2.05) is 6.92 Å². The van der Waals surface area contributed by atoms with Crippen molar-refractivity contribution in [2.24, 2.45) is 0 Å². The molecule has 1 atom stereocenters. The van der Waals surface area contributed by atoms with Gasteiger partial charge in [-0.05, 0) is 13.3 Å². The molecule has 0 aliphatic carbocycles. The number of piperazine rings is 1. The molecule has 1 fully saturated rings. The van der Waals surface area contributed by atoms with Gasteiger partial charge in [-0.3, -0.25) is 0 Å². The van der Waals surface area contributed by atoms with Crippen LogP contribution in [0, 0.1) is 12.3 Å². The number of terminal acetylenes is 1. The Morgan fingerprint density at radius 1 is 1.36 bits per heavy atom. The highest BCUT2D eigenvalue weighted by molar-refractivity contribution is 7.87. The highest BCUT2D eigenvalue weighted by Crippen LogP contribution is 2.06. The maximum Gasteiger partial charge on any atom is 0.317 e. The molecule has 1 unspecified atom stereocenters. The minimum absolute atomic E-state index is 0.00603. The van der Waals surface area contributed by atoms with Crippen molar-refractivity contribution in [1.82, 2.24) is 19.2 Å². The average Bonchev–Trinajstić information content (AvgIpc) is 2.51. The molecule has 0 radical (unpaired) electrons. The van der Waals surface area contributed by atoms with Crippen LogP contribution in [0.4, 0.5) is 4.79 Å². The largest absolute Gasteiger partial charge is 0.385 e. The number of carbonyl (C=O) groups is 1. The normalized spacial score (nSPS) is 17.8. The van der Waals surface area contributed by atoms with E-state index in [0.29, 0.717) is 19.7 Å². The zero-order valence-corrected chi connectivity index (χ0v) is 13.9. The minimum Gasteiger partial charge on any atom is -0.385 e. The number of methoxy groups -OCH3 is 1. The average molecular weight is 332 g/mol. The van der Waals surface area contributed by atoms with Crippen molar-refractivity contribution in [2.45, 2.75) is 19.4 Å². The maximum absolute atomic E-state index is 12.1. The molecule has 1 heterocycles. The molecule has 126 valence electrons. The lowest BCUT2D eigenvalue weighted by molar-refractivity contribution is 0.161. The molecule has 2 amide bonds. The molecule has 2 N–H and O–H groups in total. The highest BCUT2D eigenvalue weighted by atomic mass is 32.2. The Morgan fingerprint density at radius 2 is 2.00 bits per heavy atom. The molecule has 1 rings (SSSR count). The van der Waals surface area contributed by atoms with Crippen molar-refractivity contribution in [2.75, 3.05) is 46.4 Å². The van der Waals surface area contributed by atoms with Crippen LogP contribution in [0.2, 0.25) is 0 Å². The first kappa shape index (κ1) is 18.7. The third-order valence-corrected chi connectivity index (χ3v) is 4.90. The smallest absolute Gasteiger partial charge is 0.317 e. The first-order valence-corrected chi connectivity index (χ1v) is 8.57. The van der Waals surface area contributed by atoms with Gasteiger partial charge in [0.2, 0.25) is 0 Å². The predicted molar refractivity (Wildman–Crippen MR) is 83.4 cm³/mol. The van der Waals surface area contributed by atoms with Crippen molar-refractivity contribution >= 4 is 16.2 Å². The molecule has 0 saturated carbocycles. The number of urea groups is 1. The lowest BCUT2D eigenvalue weighted by atomic mass is 10.2. The molecular formula is C13H24N4O4S. The third-order valence-electron chi connectivity index (χ3n) is 3.35. The van der Waals surface area contributed by atoms with Crippen molar-refractivity contribution in [3.8, 4) is 12.3 Å². The first-order chi connectivity index (χ1) is 10.4. The monoisotopic (exact) mass is 332 g/mol. The fourth-order valence-corrected chi connectivity index (χ4v) is 3.12. The van der Waals surface area contributed by atoms with E-state index in [2.05, 4.69) is 16.0 Å². The number of nitrogens with zero attached hydrogens (tertiary/aromatic N) is 2. The molecule has 1 aliphatic rings. The summed E-state index contributed by atoms with van der Waals surface area (Å²) in [4.78, 5) is 13.7. The molecule has 8 nitrogen and oxygen atoms in total. The number of hydrogen-bond donors (Lipinski definition) is 2. The van der Waals surface area contributed by atoms with E-state index in [-0.39, 0.29) is 31.7 Å². The molecule has 22 heavy (non-hydrogen) atoms. The molecule has 0 bridgehead atoms. The molecule has 1 aliphatic heterocycles. The van der Waals surface area contributed by atoms with Gasteiger partial charge in [-0.15, -0.1) is 6.42 Å². The van der Waals surface area contributed by atoms with Crippen molar-refractivity contribution in [3.63, 3.8) is 0 Å². The van der Waals surface area contributed by atoms with Gasteiger partial charge in [0.15, 0.2) is 0 Å². The van der Waals surface area contributed by atoms with E-state index in [1.165, 1.54) is 4.31 Å². The van der Waals surface area contributed by atoms with Crippen LogP contribution >= 0.6 is 0 Å². The van der Waals surface area contributed by atoms with Crippen molar-refractivity contribution in [1.29, 1.82) is 0 Å². The fourth-order valence-electron chi connectivity index (χ4n) is 2.02. The Balaban J connectivity index is 2.41. The van der Waals surface area contributed by atoms with Gasteiger partial charge in [0, 0.05) is 45.9 Å². The van der Waals surface area contributed by atoms with Gasteiger partial charge in [0.25, 0.3) is 10.2 Å². The maximum atomic E-state index is 12.1. The number of amides is 2. The quantitative estimate of drug-likeness (QED) is 0.598. The van der Waals surface area contributed by atoms with Gasteiger partial charge in [0.05, 0.1) is 6.54 Å². The molecule has 0 aromatic carbocycles. The molecule has 0 aromatic rings. The second-order valence-corrected chi connectivity index (χ2v) is 6.80. The lowest BCUT2D eigenvalue weighted by Crippen LogP contribution is -2.56. The van der Waals surface area contributed by atoms with E-state index in [4.69, 9.17) is 11.2 Å². The van der Waals surface area contributed by atoms with Crippen LogP contribution in [0.3, 0.4) is 0 Å². The lowest BCUT2D eigenvalue weighted by Gasteiger charge is -2.34. The topological polar surface area (TPSA) is 91.0 Å². The summed E-state index contributed by atoms with van der Waals surface area (Å²) in [5.74, 6) is 2.23. The number of rotatable bonds is 7. The summed E-state index contributed by atoms with van der Waals surface area (Å²) in [7, 11) is -1.95. The van der Waals surface area contributed by atoms with Gasteiger partial charge in [-0.25, -0.2) is 4.79 Å². The summed E-state index contributed by atoms with van der Waals surface area (Å²) >= 11 is 0. The third kappa shape index (κ3) is 5.81. The molecule has 9 heteroatoms. The summed E-state index contributed by atoms with van der Waals surface area (Å²) in [6, 6.07) is -0.177. The van der Waals surface area contributed by atoms with Gasteiger partial charge >= 0.3 is 6.03 Å². The minimum atomic E-state index is -3.56. The van der Waals surface area contributed by atoms with E-state index < -0.39 is 10.2 Å². The van der Waals surface area contributed by atoms with E-state index in [9.17, 15) is 13.2 Å². The van der Waals surface area contributed by atoms with Gasteiger partial charge in [0.1, 0.15) is 0 Å². The summed E-state index contributed by atoms with van der Waals surface area (Å²) in [6.45, 7) is 3.63. The standard InChI is InChI=1S/C13H24N4O4S/c1-4-6-14-22(19,20)17-9-7-16(8-10-17)13(18)15-12(2)5-11-21-3/h1,12,14H,5-11H2,2-3H3,(H,15,18). The van der Waals surface area contributed by atoms with Gasteiger partial charge < -0.3 is 15.0 Å². The molecule has 0 aromatic heterocycles. The Bertz CT molecular complexity index is 495. The van der Waals surface area contributed by atoms with E-state index in [1.54, 1.807) is 12.0 Å². The Hall–Kier alpha value is -1.34. The van der Waals surface area contributed by atoms with E-state index in [0.717, 1.165) is 6.42 Å². The van der Waals surface area contributed by atoms with Gasteiger partial charge in [-0.1, -0.05) is 5.92 Å². The summed E-state index contributed by atoms with van der Waals surface area (Å²) in [5, 5.41) is 2.87. The van der Waals surface area contributed by atoms with Crippen LogP contribution in [0.15, 0.2) is 0 Å². The zero-order valence-electron chi connectivity index (χ0n) is 13.0. The van der Waals surface area contributed by atoms with Crippen LogP contribution in [0.25, 0.3) is 0 Å². The van der Waals surface area contributed by atoms with Crippen LogP contribution in [0.5, 0.6) is 0 Å². The number of nitrogens with one attached hydrogen (secondary N) is 2. The molecule has 1 saturated heterocycles. The second-order valence-electron chi connectivity index (χ2n) is 5.05. The number of hydrogen-bond acceptors (Lipinski definition) is 4. The van der Waals surface area contributed by atoms with Crippen LogP contribution < -0.4 is 10.0 Å². The second kappa shape index (κ2) is 8.95. The first-order valence-electron chi connectivity index (χ1n) is 7.13. The van der Waals surface area contributed by atoms with E-state index >= 15 is 0 Å². The Kier molecular flexibility index (Phi) is 7.61. The van der Waals surface area contributed by atoms with Crippen molar-refractivity contribution < 1.29 is 17.9 Å². The fraction of sp³-hybridized carbons (Fsp3) is 0.769. The zero-order chi connectivity index (χ0) is 16.6. The van der Waals surface area contributed by atoms with Gasteiger partial charge in [-0.2, -0.15) is 17.4 Å². The Labute approximate surface area is 132 Å². The summed E-state index contributed by atoms with van der Waals surface area (Å²) in [6.07, 6.45) is 5.77. The summed E-state index contributed by atoms with van der Waals surface area (Å²) < 4.78 is 32.4. The summed E-state index contributed by atoms with van der Waals surface area (Å²) in [5.41, 5.74) is 0. The number of ether oxygens (including phenoxy) is 1. The predicted octanol–water partition coefficient (Wildman–Crippen LogP) is -0.794. The molecular weight excluding hydrogens is 308 g/mol. The van der Waals surface area contributed by atoms with Crippen LogP contribution in [0.1, 0.15) is 13.3 Å². The van der Waals surface area contributed by atoms with Crippen LogP contribution in [-0.2, 0) is 14.9 Å². The Morgan fingerprint density at radius 3 is 2.55 bits per heavy atom.